The molecule has 3 nitrogen and oxygen atoms in total. The predicted molar refractivity (Wildman–Crippen MR) is 247 cm³/mol. The highest BCUT2D eigenvalue weighted by molar-refractivity contribution is 6.25. The molecule has 1 aliphatic rings. The third-order valence-corrected chi connectivity index (χ3v) is 12.5. The summed E-state index contributed by atoms with van der Waals surface area (Å²) in [5, 5.41) is 9.88. The van der Waals surface area contributed by atoms with Gasteiger partial charge in [-0.3, -0.25) is 0 Å². The van der Waals surface area contributed by atoms with Crippen LogP contribution >= 0.6 is 0 Å². The van der Waals surface area contributed by atoms with Crippen LogP contribution in [0.1, 0.15) is 0 Å². The van der Waals surface area contributed by atoms with Gasteiger partial charge in [-0.25, -0.2) is 0 Å². The number of hydrogen-bond acceptors (Lipinski definition) is 1. The Morgan fingerprint density at radius 3 is 1.76 bits per heavy atom. The van der Waals surface area contributed by atoms with E-state index < -0.39 is 0 Å². The zero-order valence-corrected chi connectivity index (χ0v) is 31.9. The molecule has 0 atom stereocenters. The summed E-state index contributed by atoms with van der Waals surface area (Å²) in [5.41, 5.74) is 14.0. The molecule has 0 N–H and O–H groups in total. The van der Waals surface area contributed by atoms with Crippen molar-refractivity contribution in [2.24, 2.45) is 0 Å². The predicted octanol–water partition coefficient (Wildman–Crippen LogP) is 15.3. The average molecular weight is 751 g/mol. The van der Waals surface area contributed by atoms with Gasteiger partial charge in [-0.05, 0) is 111 Å². The molecule has 13 rings (SSSR count). The summed E-state index contributed by atoms with van der Waals surface area (Å²) in [7, 11) is 0. The lowest BCUT2D eigenvalue weighted by Crippen LogP contribution is -1.99. The minimum absolute atomic E-state index is 0.873. The molecule has 0 radical (unpaired) electrons. The Bertz CT molecular complexity index is 3680. The zero-order chi connectivity index (χ0) is 38.6. The van der Waals surface area contributed by atoms with Crippen LogP contribution in [-0.4, -0.2) is 9.13 Å². The first kappa shape index (κ1) is 32.2. The Hall–Kier alpha value is -7.88. The fourth-order valence-electron chi connectivity index (χ4n) is 9.79. The lowest BCUT2D eigenvalue weighted by molar-refractivity contribution is 0.488. The van der Waals surface area contributed by atoms with Crippen molar-refractivity contribution >= 4 is 65.2 Å². The van der Waals surface area contributed by atoms with Crippen LogP contribution in [0, 0.1) is 0 Å². The second-order valence-corrected chi connectivity index (χ2v) is 15.7. The van der Waals surface area contributed by atoms with Crippen LogP contribution in [0.15, 0.2) is 206 Å². The number of fused-ring (bicyclic) bond motifs is 10. The molecular weight excluding hydrogens is 717 g/mol. The first-order chi connectivity index (χ1) is 29.2. The Balaban J connectivity index is 0.898. The zero-order valence-electron chi connectivity index (χ0n) is 31.9. The maximum Gasteiger partial charge on any atom is 0.138 e. The molecule has 3 heterocycles. The number of hydrogen-bond donors (Lipinski definition) is 0. The molecule has 59 heavy (non-hydrogen) atoms. The van der Waals surface area contributed by atoms with Gasteiger partial charge < -0.3 is 13.9 Å². The molecule has 0 fully saturated rings. The van der Waals surface area contributed by atoms with Crippen molar-refractivity contribution < 1.29 is 4.74 Å². The quantitative estimate of drug-likeness (QED) is 0.175. The molecule has 0 amide bonds. The van der Waals surface area contributed by atoms with Crippen LogP contribution < -0.4 is 4.74 Å². The van der Waals surface area contributed by atoms with E-state index in [9.17, 15) is 0 Å². The fraction of sp³-hybridized carbons (Fsp3) is 0. The molecule has 274 valence electrons. The molecule has 1 aliphatic heterocycles. The van der Waals surface area contributed by atoms with E-state index >= 15 is 0 Å². The number of aromatic nitrogens is 2. The van der Waals surface area contributed by atoms with Crippen LogP contribution in [0.25, 0.3) is 110 Å². The van der Waals surface area contributed by atoms with Gasteiger partial charge in [-0.15, -0.1) is 0 Å². The van der Waals surface area contributed by atoms with E-state index in [4.69, 9.17) is 4.74 Å². The first-order valence-corrected chi connectivity index (χ1v) is 20.2. The van der Waals surface area contributed by atoms with Crippen LogP contribution in [0.2, 0.25) is 0 Å². The second kappa shape index (κ2) is 12.3. The Morgan fingerprint density at radius 2 is 0.898 bits per heavy atom. The van der Waals surface area contributed by atoms with Gasteiger partial charge in [0.05, 0.1) is 22.1 Å². The molecule has 0 saturated carbocycles. The van der Waals surface area contributed by atoms with Gasteiger partial charge in [-0.1, -0.05) is 133 Å². The summed E-state index contributed by atoms with van der Waals surface area (Å²) in [6.45, 7) is 0. The number of para-hydroxylation sites is 3. The summed E-state index contributed by atoms with van der Waals surface area (Å²) in [5.74, 6) is 1.76. The normalized spacial score (nSPS) is 12.2. The lowest BCUT2D eigenvalue weighted by atomic mass is 9.91. The van der Waals surface area contributed by atoms with Gasteiger partial charge in [0.1, 0.15) is 11.5 Å². The molecule has 0 unspecified atom stereocenters. The number of ether oxygens (including phenoxy) is 1. The highest BCUT2D eigenvalue weighted by Crippen LogP contribution is 2.51. The van der Waals surface area contributed by atoms with Gasteiger partial charge in [0.2, 0.25) is 0 Å². The standard InChI is InChI=1S/C56H34N2O/c1-2-13-41(14-3-1)58-50-20-9-7-16-46(50)55-47-18-10-17-45-44-29-25-40(33-53(44)59-54(56(45)47)34-52(55)58)36-23-27-42(28-24-36)57-49-19-8-6-15-43(49)48-32-39(26-30-51(48)57)38-22-21-35-11-4-5-12-37(35)31-38/h1-34H. The van der Waals surface area contributed by atoms with E-state index in [-0.39, 0.29) is 0 Å². The van der Waals surface area contributed by atoms with Crippen LogP contribution in [0.3, 0.4) is 0 Å². The topological polar surface area (TPSA) is 19.1 Å². The molecule has 12 aromatic rings. The number of rotatable bonds is 4. The van der Waals surface area contributed by atoms with Gasteiger partial charge in [0, 0.05) is 49.9 Å². The van der Waals surface area contributed by atoms with E-state index in [2.05, 4.69) is 215 Å². The number of benzene rings is 10. The van der Waals surface area contributed by atoms with Crippen LogP contribution in [0.4, 0.5) is 0 Å². The first-order valence-electron chi connectivity index (χ1n) is 20.2. The van der Waals surface area contributed by atoms with Crippen LogP contribution in [-0.2, 0) is 0 Å². The molecule has 0 aliphatic carbocycles. The van der Waals surface area contributed by atoms with Gasteiger partial charge >= 0.3 is 0 Å². The summed E-state index contributed by atoms with van der Waals surface area (Å²) in [4.78, 5) is 0. The van der Waals surface area contributed by atoms with E-state index in [0.717, 1.165) is 50.5 Å². The average Bonchev–Trinajstić information content (AvgIpc) is 3.81. The molecule has 2 aromatic heterocycles. The second-order valence-electron chi connectivity index (χ2n) is 15.7. The van der Waals surface area contributed by atoms with Gasteiger partial charge in [-0.2, -0.15) is 0 Å². The summed E-state index contributed by atoms with van der Waals surface area (Å²) < 4.78 is 11.7. The summed E-state index contributed by atoms with van der Waals surface area (Å²) in [6, 6.07) is 74.8. The van der Waals surface area contributed by atoms with Crippen molar-refractivity contribution in [2.45, 2.75) is 0 Å². The van der Waals surface area contributed by atoms with Gasteiger partial charge in [0.15, 0.2) is 0 Å². The molecule has 0 saturated heterocycles. The Labute approximate surface area is 340 Å². The third kappa shape index (κ3) is 4.76. The minimum Gasteiger partial charge on any atom is -0.456 e. The Morgan fingerprint density at radius 1 is 0.288 bits per heavy atom. The van der Waals surface area contributed by atoms with Gasteiger partial charge in [0.25, 0.3) is 0 Å². The maximum atomic E-state index is 6.93. The van der Waals surface area contributed by atoms with Crippen LogP contribution in [0.5, 0.6) is 11.5 Å². The van der Waals surface area contributed by atoms with Crippen molar-refractivity contribution in [3.05, 3.63) is 206 Å². The molecular formula is C56H34N2O. The minimum atomic E-state index is 0.873. The number of nitrogens with zero attached hydrogens (tertiary/aromatic N) is 2. The van der Waals surface area contributed by atoms with Crippen molar-refractivity contribution in [3.63, 3.8) is 0 Å². The molecule has 0 bridgehead atoms. The van der Waals surface area contributed by atoms with Crippen molar-refractivity contribution in [1.29, 1.82) is 0 Å². The van der Waals surface area contributed by atoms with E-state index in [1.54, 1.807) is 0 Å². The Kier molecular flexibility index (Phi) is 6.72. The van der Waals surface area contributed by atoms with Crippen molar-refractivity contribution in [1.82, 2.24) is 9.13 Å². The van der Waals surface area contributed by atoms with E-state index in [0.29, 0.717) is 0 Å². The summed E-state index contributed by atoms with van der Waals surface area (Å²) >= 11 is 0. The van der Waals surface area contributed by atoms with E-state index in [1.165, 1.54) is 70.9 Å². The smallest absolute Gasteiger partial charge is 0.138 e. The highest BCUT2D eigenvalue weighted by atomic mass is 16.5. The van der Waals surface area contributed by atoms with E-state index in [1.807, 2.05) is 0 Å². The van der Waals surface area contributed by atoms with Crippen molar-refractivity contribution in [2.75, 3.05) is 0 Å². The fourth-order valence-corrected chi connectivity index (χ4v) is 9.79. The van der Waals surface area contributed by atoms with Crippen molar-refractivity contribution in [3.8, 4) is 56.3 Å². The molecule has 0 spiro atoms. The summed E-state index contributed by atoms with van der Waals surface area (Å²) in [6.07, 6.45) is 0. The largest absolute Gasteiger partial charge is 0.456 e. The molecule has 10 aromatic carbocycles. The lowest BCUT2D eigenvalue weighted by Gasteiger charge is -2.23. The molecule has 3 heteroatoms. The maximum absolute atomic E-state index is 6.93. The highest BCUT2D eigenvalue weighted by Gasteiger charge is 2.25. The third-order valence-electron chi connectivity index (χ3n) is 12.5. The monoisotopic (exact) mass is 750 g/mol. The SMILES string of the molecule is c1ccc(-n2c3ccccc3c3c4cccc5c4c(cc32)Oc2cc(-c3ccc(-n4c6ccccc6c6cc(-c7ccc8ccccc8c7)ccc64)cc3)ccc2-5)cc1.